The van der Waals surface area contributed by atoms with Crippen LogP contribution in [-0.2, 0) is 4.79 Å². The Bertz CT molecular complexity index is 1340. The summed E-state index contributed by atoms with van der Waals surface area (Å²) in [6, 6.07) is 13.7. The van der Waals surface area contributed by atoms with Gasteiger partial charge in [0.15, 0.2) is 6.61 Å². The van der Waals surface area contributed by atoms with Gasteiger partial charge in [0.25, 0.3) is 5.56 Å². The molecule has 4 rings (SSSR count). The number of nitrogens with two attached hydrogens (primary N) is 1. The summed E-state index contributed by atoms with van der Waals surface area (Å²) < 4.78 is 6.63. The molecule has 31 heavy (non-hydrogen) atoms. The number of fused-ring (bicyclic) bond motifs is 1. The van der Waals surface area contributed by atoms with Crippen molar-refractivity contribution >= 4 is 22.7 Å². The Morgan fingerprint density at radius 3 is 2.84 bits per heavy atom. The summed E-state index contributed by atoms with van der Waals surface area (Å²) in [6.07, 6.45) is 3.20. The monoisotopic (exact) mass is 417 g/mol. The first kappa shape index (κ1) is 20.0. The predicted molar refractivity (Wildman–Crippen MR) is 115 cm³/mol. The standard InChI is InChI=1S/C22H19N5O4/c1-13(14-3-2-4-17(9-14)31-12-20(28)29)27-21(30)18-10-15(5-6-16(18)11-25-27)19-7-8-24-22(23)26-19/h2-11,13H,12H2,1H3,(H,28,29)(H2,23,24,26). The summed E-state index contributed by atoms with van der Waals surface area (Å²) in [5.74, 6) is -0.500. The van der Waals surface area contributed by atoms with Gasteiger partial charge in [0.05, 0.1) is 23.3 Å². The van der Waals surface area contributed by atoms with E-state index in [-0.39, 0.29) is 11.5 Å². The first-order chi connectivity index (χ1) is 14.9. The van der Waals surface area contributed by atoms with Crippen molar-refractivity contribution in [3.63, 3.8) is 0 Å². The molecule has 9 nitrogen and oxygen atoms in total. The van der Waals surface area contributed by atoms with Crippen molar-refractivity contribution in [3.05, 3.63) is 76.8 Å². The number of carbonyl (C=O) groups is 1. The molecule has 0 saturated carbocycles. The number of ether oxygens (including phenoxy) is 1. The third kappa shape index (κ3) is 4.20. The van der Waals surface area contributed by atoms with Crippen LogP contribution in [0.15, 0.2) is 65.7 Å². The van der Waals surface area contributed by atoms with Gasteiger partial charge in [-0.15, -0.1) is 0 Å². The maximum Gasteiger partial charge on any atom is 0.341 e. The highest BCUT2D eigenvalue weighted by Gasteiger charge is 2.15. The Labute approximate surface area is 176 Å². The molecule has 0 aliphatic heterocycles. The van der Waals surface area contributed by atoms with Gasteiger partial charge in [-0.3, -0.25) is 4.79 Å². The van der Waals surface area contributed by atoms with Crippen molar-refractivity contribution in [2.24, 2.45) is 0 Å². The Morgan fingerprint density at radius 1 is 1.23 bits per heavy atom. The van der Waals surface area contributed by atoms with Gasteiger partial charge in [-0.1, -0.05) is 24.3 Å². The molecule has 0 aliphatic carbocycles. The lowest BCUT2D eigenvalue weighted by molar-refractivity contribution is -0.139. The molecule has 0 aliphatic rings. The lowest BCUT2D eigenvalue weighted by Crippen LogP contribution is -2.26. The van der Waals surface area contributed by atoms with Crippen LogP contribution in [0.1, 0.15) is 18.5 Å². The third-order valence-electron chi connectivity index (χ3n) is 4.85. The van der Waals surface area contributed by atoms with Gasteiger partial charge in [-0.05, 0) is 36.8 Å². The van der Waals surface area contributed by atoms with E-state index in [1.807, 2.05) is 25.1 Å². The molecule has 2 heterocycles. The van der Waals surface area contributed by atoms with Crippen LogP contribution in [0.5, 0.6) is 5.75 Å². The molecule has 0 bridgehead atoms. The Morgan fingerprint density at radius 2 is 2.06 bits per heavy atom. The van der Waals surface area contributed by atoms with E-state index in [2.05, 4.69) is 15.1 Å². The summed E-state index contributed by atoms with van der Waals surface area (Å²) in [5, 5.41) is 14.3. The third-order valence-corrected chi connectivity index (χ3v) is 4.85. The molecule has 1 atom stereocenters. The second-order valence-corrected chi connectivity index (χ2v) is 6.93. The minimum absolute atomic E-state index is 0.156. The quantitative estimate of drug-likeness (QED) is 0.489. The van der Waals surface area contributed by atoms with Crippen LogP contribution in [0.2, 0.25) is 0 Å². The number of benzene rings is 2. The number of hydrogen-bond donors (Lipinski definition) is 2. The molecule has 0 spiro atoms. The fourth-order valence-corrected chi connectivity index (χ4v) is 3.27. The van der Waals surface area contributed by atoms with Gasteiger partial charge >= 0.3 is 5.97 Å². The van der Waals surface area contributed by atoms with Crippen LogP contribution in [0.3, 0.4) is 0 Å². The second-order valence-electron chi connectivity index (χ2n) is 6.93. The maximum absolute atomic E-state index is 13.2. The van der Waals surface area contributed by atoms with Gasteiger partial charge in [0.2, 0.25) is 5.95 Å². The Hall–Kier alpha value is -4.27. The van der Waals surface area contributed by atoms with E-state index >= 15 is 0 Å². The molecule has 3 N–H and O–H groups in total. The maximum atomic E-state index is 13.2. The van der Waals surface area contributed by atoms with Gasteiger partial charge in [0, 0.05) is 17.1 Å². The average molecular weight is 417 g/mol. The molecule has 0 saturated heterocycles. The number of rotatable bonds is 6. The van der Waals surface area contributed by atoms with Crippen molar-refractivity contribution in [2.75, 3.05) is 12.3 Å². The van der Waals surface area contributed by atoms with Crippen molar-refractivity contribution < 1.29 is 14.6 Å². The number of anilines is 1. The van der Waals surface area contributed by atoms with Crippen molar-refractivity contribution in [1.29, 1.82) is 0 Å². The number of nitrogens with zero attached hydrogens (tertiary/aromatic N) is 4. The normalized spacial score (nSPS) is 11.9. The molecule has 4 aromatic rings. The lowest BCUT2D eigenvalue weighted by Gasteiger charge is -2.16. The highest BCUT2D eigenvalue weighted by Crippen LogP contribution is 2.24. The number of carboxylic acids is 1. The number of aromatic nitrogens is 4. The minimum atomic E-state index is -1.06. The van der Waals surface area contributed by atoms with Crippen molar-refractivity contribution in [1.82, 2.24) is 19.7 Å². The summed E-state index contributed by atoms with van der Waals surface area (Å²) in [7, 11) is 0. The van der Waals surface area contributed by atoms with Gasteiger partial charge in [-0.2, -0.15) is 5.10 Å². The predicted octanol–water partition coefficient (Wildman–Crippen LogP) is 2.51. The van der Waals surface area contributed by atoms with Crippen LogP contribution in [-0.4, -0.2) is 37.4 Å². The zero-order valence-electron chi connectivity index (χ0n) is 16.6. The summed E-state index contributed by atoms with van der Waals surface area (Å²) in [6.45, 7) is 1.40. The van der Waals surface area contributed by atoms with Crippen LogP contribution in [0.25, 0.3) is 22.0 Å². The average Bonchev–Trinajstić information content (AvgIpc) is 2.77. The molecular formula is C22H19N5O4. The van der Waals surface area contributed by atoms with Crippen LogP contribution < -0.4 is 16.0 Å². The largest absolute Gasteiger partial charge is 0.482 e. The Balaban J connectivity index is 1.72. The number of hydrogen-bond acceptors (Lipinski definition) is 7. The summed E-state index contributed by atoms with van der Waals surface area (Å²) in [5.41, 5.74) is 7.54. The SMILES string of the molecule is CC(c1cccc(OCC(=O)O)c1)n1ncc2ccc(-c3ccnc(N)n3)cc2c1=O. The Kier molecular flexibility index (Phi) is 5.31. The van der Waals surface area contributed by atoms with Crippen LogP contribution in [0, 0.1) is 0 Å². The smallest absolute Gasteiger partial charge is 0.341 e. The molecule has 2 aromatic heterocycles. The van der Waals surface area contributed by atoms with Gasteiger partial charge in [-0.25, -0.2) is 19.4 Å². The molecule has 0 fully saturated rings. The lowest BCUT2D eigenvalue weighted by atomic mass is 10.1. The van der Waals surface area contributed by atoms with Gasteiger partial charge in [0.1, 0.15) is 5.75 Å². The first-order valence-corrected chi connectivity index (χ1v) is 9.47. The highest BCUT2D eigenvalue weighted by molar-refractivity contribution is 5.85. The topological polar surface area (TPSA) is 133 Å². The minimum Gasteiger partial charge on any atom is -0.482 e. The molecule has 0 amide bonds. The van der Waals surface area contributed by atoms with Crippen molar-refractivity contribution in [3.8, 4) is 17.0 Å². The van der Waals surface area contributed by atoms with E-state index in [1.54, 1.807) is 42.7 Å². The van der Waals surface area contributed by atoms with E-state index < -0.39 is 18.6 Å². The summed E-state index contributed by atoms with van der Waals surface area (Å²) in [4.78, 5) is 32.1. The van der Waals surface area contributed by atoms with E-state index in [4.69, 9.17) is 15.6 Å². The molecule has 0 radical (unpaired) electrons. The fourth-order valence-electron chi connectivity index (χ4n) is 3.27. The zero-order valence-corrected chi connectivity index (χ0v) is 16.6. The number of carboxylic acid groups (broad SMARTS) is 1. The molecule has 156 valence electrons. The number of aliphatic carboxylic acids is 1. The summed E-state index contributed by atoms with van der Waals surface area (Å²) >= 11 is 0. The van der Waals surface area contributed by atoms with E-state index in [1.165, 1.54) is 4.68 Å². The van der Waals surface area contributed by atoms with Crippen molar-refractivity contribution in [2.45, 2.75) is 13.0 Å². The van der Waals surface area contributed by atoms with Crippen LogP contribution in [0.4, 0.5) is 5.95 Å². The zero-order chi connectivity index (χ0) is 22.0. The molecule has 2 aromatic carbocycles. The van der Waals surface area contributed by atoms with E-state index in [0.717, 1.165) is 11.1 Å². The van der Waals surface area contributed by atoms with Gasteiger partial charge < -0.3 is 15.6 Å². The van der Waals surface area contributed by atoms with E-state index in [9.17, 15) is 9.59 Å². The number of nitrogen functional groups attached to an aromatic ring is 1. The molecular weight excluding hydrogens is 398 g/mol. The highest BCUT2D eigenvalue weighted by atomic mass is 16.5. The molecule has 9 heteroatoms. The molecule has 1 unspecified atom stereocenters. The van der Waals surface area contributed by atoms with Crippen LogP contribution >= 0.6 is 0 Å². The van der Waals surface area contributed by atoms with E-state index in [0.29, 0.717) is 22.2 Å². The fraction of sp³-hybridized carbons (Fsp3) is 0.136. The second kappa shape index (κ2) is 8.23. The first-order valence-electron chi connectivity index (χ1n) is 9.47.